The van der Waals surface area contributed by atoms with E-state index < -0.39 is 28.9 Å². The minimum absolute atomic E-state index is 0.0216. The van der Waals surface area contributed by atoms with Crippen molar-refractivity contribution < 1.29 is 29.3 Å². The van der Waals surface area contributed by atoms with Gasteiger partial charge in [-0.25, -0.2) is 9.97 Å². The first-order valence-corrected chi connectivity index (χ1v) is 22.0. The maximum Gasteiger partial charge on any atom is 0.309 e. The lowest BCUT2D eigenvalue weighted by Crippen LogP contribution is -2.66. The predicted octanol–water partition coefficient (Wildman–Crippen LogP) is 8.25. The van der Waals surface area contributed by atoms with E-state index >= 15 is 0 Å². The number of carboxylic acid groups (broad SMARTS) is 1. The lowest BCUT2D eigenvalue weighted by atomic mass is 9.33. The maximum absolute atomic E-state index is 14.3. The summed E-state index contributed by atoms with van der Waals surface area (Å²) in [4.78, 5) is 52.6. The van der Waals surface area contributed by atoms with Crippen molar-refractivity contribution in [3.05, 3.63) is 34.4 Å². The number of allylic oxidation sites excluding steroid dienone is 1. The molecule has 0 amide bonds. The van der Waals surface area contributed by atoms with Gasteiger partial charge in [-0.2, -0.15) is 0 Å². The summed E-state index contributed by atoms with van der Waals surface area (Å²) in [5.74, 6) is 0.559. The van der Waals surface area contributed by atoms with Gasteiger partial charge in [0, 0.05) is 49.3 Å². The zero-order valence-electron chi connectivity index (χ0n) is 36.7. The van der Waals surface area contributed by atoms with E-state index in [0.717, 1.165) is 70.0 Å². The number of hydrogen-bond acceptors (Lipinski definition) is 9. The molecule has 9 atom stereocenters. The molecule has 5 aliphatic rings. The Morgan fingerprint density at radius 3 is 2.23 bits per heavy atom. The molecule has 0 radical (unpaired) electrons. The molecule has 4 saturated carbocycles. The first kappa shape index (κ1) is 44.2. The molecule has 11 heteroatoms. The number of carboxylic acids is 1. The van der Waals surface area contributed by atoms with E-state index in [9.17, 15) is 24.6 Å². The largest absolute Gasteiger partial charge is 0.481 e. The van der Waals surface area contributed by atoms with E-state index in [1.807, 2.05) is 0 Å². The van der Waals surface area contributed by atoms with Gasteiger partial charge in [0.1, 0.15) is 11.9 Å². The van der Waals surface area contributed by atoms with Crippen LogP contribution >= 0.6 is 11.6 Å². The molecule has 2 unspecified atom stereocenters. The molecule has 0 saturated heterocycles. The molecule has 0 aromatic carbocycles. The quantitative estimate of drug-likeness (QED) is 0.188. The smallest absolute Gasteiger partial charge is 0.309 e. The van der Waals surface area contributed by atoms with Gasteiger partial charge in [-0.1, -0.05) is 65.6 Å². The van der Waals surface area contributed by atoms with Crippen LogP contribution in [-0.4, -0.2) is 93.6 Å². The topological polar surface area (TPSA) is 133 Å². The summed E-state index contributed by atoms with van der Waals surface area (Å²) in [5, 5.41) is 22.8. The number of aliphatic hydroxyl groups is 1. The fourth-order valence-corrected chi connectivity index (χ4v) is 13.6. The van der Waals surface area contributed by atoms with Gasteiger partial charge in [0.25, 0.3) is 0 Å². The third kappa shape index (κ3) is 7.54. The number of carbonyl (C=O) groups excluding carboxylic acids is 2. The van der Waals surface area contributed by atoms with Crippen LogP contribution in [-0.2, 0) is 25.7 Å². The molecule has 318 valence electrons. The van der Waals surface area contributed by atoms with Gasteiger partial charge in [-0.05, 0) is 125 Å². The summed E-state index contributed by atoms with van der Waals surface area (Å²) in [6.07, 6.45) is 10.1. The number of ketones is 1. The summed E-state index contributed by atoms with van der Waals surface area (Å²) in [7, 11) is 4.11. The van der Waals surface area contributed by atoms with E-state index in [-0.39, 0.29) is 51.8 Å². The third-order valence-electron chi connectivity index (χ3n) is 16.8. The highest BCUT2D eigenvalue weighted by Crippen LogP contribution is 2.77. The van der Waals surface area contributed by atoms with Gasteiger partial charge in [0.2, 0.25) is 0 Å². The highest BCUT2D eigenvalue weighted by Gasteiger charge is 2.71. The van der Waals surface area contributed by atoms with Gasteiger partial charge in [-0.3, -0.25) is 19.3 Å². The summed E-state index contributed by atoms with van der Waals surface area (Å²) < 4.78 is 6.19. The SMILES string of the molecule is CC(C)C1=C2[C@H]3CC[C@@H]4[C@@]5(C)CC[C@H](OC(=O)CC(C)(C)C(=O)O)C(C)(C)[C@@H]5CC[C@@]4(C)[C@]3(C)CCC2(C(O)CN(CCN(C)C)Cc2ncc(Cl)cn2)CC1=O. The fourth-order valence-electron chi connectivity index (χ4n) is 13.5. The number of nitrogens with zero attached hydrogens (tertiary/aromatic N) is 4. The molecule has 6 rings (SSSR count). The summed E-state index contributed by atoms with van der Waals surface area (Å²) in [6, 6.07) is 0. The highest BCUT2D eigenvalue weighted by atomic mass is 35.5. The molecule has 2 N–H and O–H groups in total. The molecular formula is C46H71ClN4O6. The molecule has 1 aromatic rings. The predicted molar refractivity (Wildman–Crippen MR) is 222 cm³/mol. The molecule has 4 fully saturated rings. The number of aliphatic carboxylic acids is 1. The molecule has 57 heavy (non-hydrogen) atoms. The zero-order valence-corrected chi connectivity index (χ0v) is 37.5. The average Bonchev–Trinajstić information content (AvgIpc) is 3.42. The first-order chi connectivity index (χ1) is 26.4. The molecule has 0 bridgehead atoms. The lowest BCUT2D eigenvalue weighted by molar-refractivity contribution is -0.235. The second-order valence-electron chi connectivity index (χ2n) is 21.4. The molecule has 1 aromatic heterocycles. The normalized spacial score (nSPS) is 35.5. The maximum atomic E-state index is 14.3. The monoisotopic (exact) mass is 811 g/mol. The minimum Gasteiger partial charge on any atom is -0.481 e. The first-order valence-electron chi connectivity index (χ1n) is 21.6. The molecule has 5 aliphatic carbocycles. The van der Waals surface area contributed by atoms with Crippen molar-refractivity contribution in [3.63, 3.8) is 0 Å². The van der Waals surface area contributed by atoms with Gasteiger partial charge in [0.15, 0.2) is 5.78 Å². The molecule has 10 nitrogen and oxygen atoms in total. The van der Waals surface area contributed by atoms with E-state index in [1.54, 1.807) is 26.2 Å². The van der Waals surface area contributed by atoms with Crippen LogP contribution < -0.4 is 0 Å². The van der Waals surface area contributed by atoms with Crippen LogP contribution in [0.25, 0.3) is 0 Å². The van der Waals surface area contributed by atoms with Crippen LogP contribution in [0.1, 0.15) is 132 Å². The number of rotatable bonds is 13. The molecule has 0 spiro atoms. The number of fused-ring (bicyclic) bond motifs is 7. The third-order valence-corrected chi connectivity index (χ3v) is 17.0. The highest BCUT2D eigenvalue weighted by molar-refractivity contribution is 6.30. The van der Waals surface area contributed by atoms with Crippen LogP contribution in [0.2, 0.25) is 5.02 Å². The zero-order chi connectivity index (χ0) is 42.1. The molecule has 1 heterocycles. The van der Waals surface area contributed by atoms with E-state index in [4.69, 9.17) is 16.3 Å². The van der Waals surface area contributed by atoms with Crippen molar-refractivity contribution >= 4 is 29.3 Å². The van der Waals surface area contributed by atoms with Crippen molar-refractivity contribution in [2.75, 3.05) is 33.7 Å². The summed E-state index contributed by atoms with van der Waals surface area (Å²) >= 11 is 6.12. The number of Topliss-reactive ketones (excluding diaryl/α,β-unsaturated/α-hetero) is 1. The van der Waals surface area contributed by atoms with Crippen molar-refractivity contribution in [3.8, 4) is 0 Å². The van der Waals surface area contributed by atoms with Gasteiger partial charge in [-0.15, -0.1) is 0 Å². The number of carbonyl (C=O) groups is 3. The minimum atomic E-state index is -1.18. The Bertz CT molecular complexity index is 1740. The molecular weight excluding hydrogens is 740 g/mol. The van der Waals surface area contributed by atoms with Crippen LogP contribution in [0.3, 0.4) is 0 Å². The van der Waals surface area contributed by atoms with Crippen molar-refractivity contribution in [2.24, 2.45) is 56.2 Å². The van der Waals surface area contributed by atoms with Crippen molar-refractivity contribution in [1.29, 1.82) is 0 Å². The number of hydrogen-bond donors (Lipinski definition) is 2. The van der Waals surface area contributed by atoms with E-state index in [1.165, 1.54) is 5.57 Å². The van der Waals surface area contributed by atoms with Gasteiger partial charge >= 0.3 is 11.9 Å². The summed E-state index contributed by atoms with van der Waals surface area (Å²) in [6.45, 7) is 22.1. The standard InChI is InChI=1S/C46H71ClN4O6/c1-28(2)38-31(52)22-46(34(53)26-51(21-20-50(10)11)27-36-48-24-29(47)25-49-36)19-18-44(8)30(39(38)46)12-13-33-43(7)16-15-35(57-37(54)23-41(3,4)40(55)56)42(5,6)32(43)14-17-45(33,44)9/h24-25,28,30,32-35,53H,12-23,26-27H2,1-11H3,(H,55,56)/t30-,32+,33-,34?,35+,43+,44-,45-,46?/m1/s1. The average molecular weight is 812 g/mol. The number of aromatic nitrogens is 2. The number of halogens is 1. The lowest BCUT2D eigenvalue weighted by Gasteiger charge is -2.72. The van der Waals surface area contributed by atoms with Crippen LogP contribution in [0.5, 0.6) is 0 Å². The Morgan fingerprint density at radius 1 is 0.947 bits per heavy atom. The van der Waals surface area contributed by atoms with Gasteiger partial charge < -0.3 is 19.8 Å². The van der Waals surface area contributed by atoms with Crippen LogP contribution in [0.15, 0.2) is 23.5 Å². The van der Waals surface area contributed by atoms with Gasteiger partial charge in [0.05, 0.1) is 29.5 Å². The van der Waals surface area contributed by atoms with E-state index in [2.05, 4.69) is 82.3 Å². The second kappa shape index (κ2) is 15.6. The van der Waals surface area contributed by atoms with Crippen LogP contribution in [0, 0.1) is 56.2 Å². The fraction of sp³-hybridized carbons (Fsp3) is 0.804. The Labute approximate surface area is 346 Å². The number of esters is 1. The van der Waals surface area contributed by atoms with E-state index in [0.29, 0.717) is 42.2 Å². The Balaban J connectivity index is 1.29. The Kier molecular flexibility index (Phi) is 12.1. The number of aliphatic hydroxyl groups excluding tert-OH is 1. The van der Waals surface area contributed by atoms with Crippen molar-refractivity contribution in [1.82, 2.24) is 19.8 Å². The summed E-state index contributed by atoms with van der Waals surface area (Å²) in [5.41, 5.74) is 0.223. The second-order valence-corrected chi connectivity index (χ2v) is 21.9. The van der Waals surface area contributed by atoms with Crippen LogP contribution in [0.4, 0.5) is 0 Å². The Hall–Kier alpha value is -2.40. The Morgan fingerprint density at radius 2 is 1.61 bits per heavy atom. The molecule has 0 aliphatic heterocycles. The van der Waals surface area contributed by atoms with Crippen molar-refractivity contribution in [2.45, 2.75) is 145 Å². The number of likely N-dealkylation sites (N-methyl/N-ethyl adjacent to an activating group) is 1. The number of ether oxygens (including phenoxy) is 1.